The van der Waals surface area contributed by atoms with E-state index in [1.165, 1.54) is 12.8 Å². The number of Topliss-reactive ketones (excluding diaryl/α,β-unsaturated/α-hetero) is 1. The molecule has 2 aliphatic rings. The predicted molar refractivity (Wildman–Crippen MR) is 54.2 cm³/mol. The van der Waals surface area contributed by atoms with E-state index in [0.717, 1.165) is 6.61 Å². The summed E-state index contributed by atoms with van der Waals surface area (Å²) in [4.78, 5) is 11.5. The number of methoxy groups -OCH3 is 1. The van der Waals surface area contributed by atoms with Crippen LogP contribution in [0.3, 0.4) is 0 Å². The monoisotopic (exact) mass is 197 g/mol. The topological polar surface area (TPSA) is 38.3 Å². The summed E-state index contributed by atoms with van der Waals surface area (Å²) in [6, 6.07) is 0.703. The fourth-order valence-electron chi connectivity index (χ4n) is 2.55. The van der Waals surface area contributed by atoms with E-state index in [0.29, 0.717) is 30.7 Å². The third kappa shape index (κ3) is 1.84. The predicted octanol–water partition coefficient (Wildman–Crippen LogP) is 1.12. The molecule has 2 atom stereocenters. The van der Waals surface area contributed by atoms with Gasteiger partial charge in [-0.1, -0.05) is 0 Å². The molecule has 0 radical (unpaired) electrons. The Morgan fingerprint density at radius 1 is 1.50 bits per heavy atom. The maximum atomic E-state index is 11.5. The fraction of sp³-hybridized carbons (Fsp3) is 0.909. The highest BCUT2D eigenvalue weighted by Crippen LogP contribution is 2.50. The van der Waals surface area contributed by atoms with Gasteiger partial charge in [-0.3, -0.25) is 4.79 Å². The van der Waals surface area contributed by atoms with Crippen LogP contribution in [-0.2, 0) is 9.53 Å². The van der Waals surface area contributed by atoms with Crippen LogP contribution in [0.25, 0.3) is 0 Å². The summed E-state index contributed by atoms with van der Waals surface area (Å²) < 4.78 is 5.24. The smallest absolute Gasteiger partial charge is 0.136 e. The van der Waals surface area contributed by atoms with E-state index in [-0.39, 0.29) is 5.41 Å². The van der Waals surface area contributed by atoms with E-state index in [9.17, 15) is 4.79 Å². The molecule has 1 N–H and O–H groups in total. The number of ether oxygens (including phenoxy) is 1. The summed E-state index contributed by atoms with van der Waals surface area (Å²) in [5, 5.41) is 3.53. The average molecular weight is 197 g/mol. The Kier molecular flexibility index (Phi) is 2.62. The number of hydrogen-bond acceptors (Lipinski definition) is 3. The quantitative estimate of drug-likeness (QED) is 0.737. The SMILES string of the molecule is COCC1(C2CC(=O)CC(C)N2)CC1. The zero-order valence-electron chi connectivity index (χ0n) is 9.01. The molecule has 0 aromatic heterocycles. The molecule has 1 saturated carbocycles. The van der Waals surface area contributed by atoms with Gasteiger partial charge in [0, 0.05) is 37.5 Å². The number of hydrogen-bond donors (Lipinski definition) is 1. The Morgan fingerprint density at radius 3 is 2.71 bits per heavy atom. The van der Waals surface area contributed by atoms with Crippen molar-refractivity contribution >= 4 is 5.78 Å². The first kappa shape index (κ1) is 10.1. The number of piperidine rings is 1. The van der Waals surface area contributed by atoms with Crippen molar-refractivity contribution in [2.24, 2.45) is 5.41 Å². The molecule has 0 spiro atoms. The van der Waals surface area contributed by atoms with Gasteiger partial charge in [-0.15, -0.1) is 0 Å². The molecular formula is C11H19NO2. The maximum Gasteiger partial charge on any atom is 0.136 e. The summed E-state index contributed by atoms with van der Waals surface area (Å²) in [6.45, 7) is 2.89. The van der Waals surface area contributed by atoms with Gasteiger partial charge in [0.1, 0.15) is 5.78 Å². The Bertz CT molecular complexity index is 235. The Morgan fingerprint density at radius 2 is 2.21 bits per heavy atom. The first-order chi connectivity index (χ1) is 6.66. The van der Waals surface area contributed by atoms with Crippen LogP contribution in [0.15, 0.2) is 0 Å². The van der Waals surface area contributed by atoms with Crippen molar-refractivity contribution < 1.29 is 9.53 Å². The molecule has 1 aliphatic heterocycles. The summed E-state index contributed by atoms with van der Waals surface area (Å²) in [5.74, 6) is 0.406. The molecule has 2 fully saturated rings. The molecule has 0 amide bonds. The van der Waals surface area contributed by atoms with Crippen molar-refractivity contribution in [1.82, 2.24) is 5.32 Å². The van der Waals surface area contributed by atoms with E-state index >= 15 is 0 Å². The number of carbonyl (C=O) groups excluding carboxylic acids is 1. The van der Waals surface area contributed by atoms with Crippen molar-refractivity contribution in [3.05, 3.63) is 0 Å². The minimum atomic E-state index is 0.277. The summed E-state index contributed by atoms with van der Waals surface area (Å²) in [7, 11) is 1.74. The van der Waals surface area contributed by atoms with E-state index in [1.54, 1.807) is 7.11 Å². The molecule has 3 heteroatoms. The first-order valence-electron chi connectivity index (χ1n) is 5.43. The van der Waals surface area contributed by atoms with Crippen molar-refractivity contribution in [3.63, 3.8) is 0 Å². The van der Waals surface area contributed by atoms with Crippen molar-refractivity contribution in [2.45, 2.75) is 44.7 Å². The summed E-state index contributed by atoms with van der Waals surface area (Å²) in [5.41, 5.74) is 0.277. The number of rotatable bonds is 3. The third-order valence-corrected chi connectivity index (χ3v) is 3.51. The van der Waals surface area contributed by atoms with Crippen LogP contribution in [0.2, 0.25) is 0 Å². The van der Waals surface area contributed by atoms with Crippen LogP contribution in [-0.4, -0.2) is 31.6 Å². The lowest BCUT2D eigenvalue weighted by atomic mass is 9.87. The molecule has 1 aliphatic carbocycles. The van der Waals surface area contributed by atoms with Crippen LogP contribution in [0, 0.1) is 5.41 Å². The highest BCUT2D eigenvalue weighted by molar-refractivity contribution is 5.80. The normalized spacial score (nSPS) is 35.7. The van der Waals surface area contributed by atoms with Crippen LogP contribution in [0.5, 0.6) is 0 Å². The van der Waals surface area contributed by atoms with Crippen LogP contribution >= 0.6 is 0 Å². The maximum absolute atomic E-state index is 11.5. The second-order valence-corrected chi connectivity index (χ2v) is 4.86. The Labute approximate surface area is 85.2 Å². The van der Waals surface area contributed by atoms with Crippen LogP contribution in [0.1, 0.15) is 32.6 Å². The van der Waals surface area contributed by atoms with E-state index < -0.39 is 0 Å². The zero-order valence-corrected chi connectivity index (χ0v) is 9.01. The third-order valence-electron chi connectivity index (χ3n) is 3.51. The Hall–Kier alpha value is -0.410. The number of carbonyl (C=O) groups is 1. The average Bonchev–Trinajstić information content (AvgIpc) is 2.84. The lowest BCUT2D eigenvalue weighted by molar-refractivity contribution is -0.122. The van der Waals surface area contributed by atoms with Crippen LogP contribution in [0.4, 0.5) is 0 Å². The lowest BCUT2D eigenvalue weighted by Crippen LogP contribution is -2.50. The first-order valence-corrected chi connectivity index (χ1v) is 5.43. The van der Waals surface area contributed by atoms with Gasteiger partial charge in [0.15, 0.2) is 0 Å². The van der Waals surface area contributed by atoms with E-state index in [4.69, 9.17) is 4.74 Å². The van der Waals surface area contributed by atoms with Crippen LogP contribution < -0.4 is 5.32 Å². The van der Waals surface area contributed by atoms with Crippen molar-refractivity contribution in [2.75, 3.05) is 13.7 Å². The van der Waals surface area contributed by atoms with Crippen molar-refractivity contribution in [1.29, 1.82) is 0 Å². The molecule has 14 heavy (non-hydrogen) atoms. The molecule has 80 valence electrons. The second kappa shape index (κ2) is 3.63. The summed E-state index contributed by atoms with van der Waals surface area (Å²) in [6.07, 6.45) is 3.81. The van der Waals surface area contributed by atoms with E-state index in [2.05, 4.69) is 12.2 Å². The second-order valence-electron chi connectivity index (χ2n) is 4.86. The molecule has 0 aromatic carbocycles. The fourth-order valence-corrected chi connectivity index (χ4v) is 2.55. The highest BCUT2D eigenvalue weighted by atomic mass is 16.5. The lowest BCUT2D eigenvalue weighted by Gasteiger charge is -2.34. The minimum absolute atomic E-state index is 0.277. The van der Waals surface area contributed by atoms with Gasteiger partial charge in [0.05, 0.1) is 6.61 Å². The standard InChI is InChI=1S/C11H19NO2/c1-8-5-9(13)6-10(12-8)11(3-4-11)7-14-2/h8,10,12H,3-7H2,1-2H3. The van der Waals surface area contributed by atoms with Gasteiger partial charge in [0.2, 0.25) is 0 Å². The summed E-state index contributed by atoms with van der Waals surface area (Å²) >= 11 is 0. The minimum Gasteiger partial charge on any atom is -0.384 e. The molecule has 3 nitrogen and oxygen atoms in total. The zero-order chi connectivity index (χ0) is 10.2. The Balaban J connectivity index is 1.99. The van der Waals surface area contributed by atoms with Gasteiger partial charge >= 0.3 is 0 Å². The number of nitrogens with one attached hydrogen (secondary N) is 1. The molecule has 2 unspecified atom stereocenters. The van der Waals surface area contributed by atoms with Gasteiger partial charge in [-0.25, -0.2) is 0 Å². The van der Waals surface area contributed by atoms with Gasteiger partial charge in [-0.05, 0) is 19.8 Å². The molecule has 0 bridgehead atoms. The number of ketones is 1. The molecular weight excluding hydrogens is 178 g/mol. The largest absolute Gasteiger partial charge is 0.384 e. The van der Waals surface area contributed by atoms with Gasteiger partial charge in [0.25, 0.3) is 0 Å². The molecule has 1 heterocycles. The highest BCUT2D eigenvalue weighted by Gasteiger charge is 2.51. The molecule has 1 saturated heterocycles. The molecule has 2 rings (SSSR count). The van der Waals surface area contributed by atoms with Gasteiger partial charge < -0.3 is 10.1 Å². The van der Waals surface area contributed by atoms with Gasteiger partial charge in [-0.2, -0.15) is 0 Å². The van der Waals surface area contributed by atoms with E-state index in [1.807, 2.05) is 0 Å². The molecule has 0 aromatic rings. The van der Waals surface area contributed by atoms with Crippen molar-refractivity contribution in [3.8, 4) is 0 Å².